The van der Waals surface area contributed by atoms with Crippen LogP contribution in [-0.4, -0.2) is 40.0 Å². The molecule has 0 aliphatic heterocycles. The monoisotopic (exact) mass is 488 g/mol. The predicted octanol–water partition coefficient (Wildman–Crippen LogP) is 4.84. The molecule has 0 spiro atoms. The Bertz CT molecular complexity index is 1520. The number of rotatable bonds is 8. The molecule has 3 N–H and O–H groups in total. The molecule has 36 heavy (non-hydrogen) atoms. The Labute approximate surface area is 205 Å². The zero-order valence-electron chi connectivity index (χ0n) is 19.3. The molecule has 0 saturated heterocycles. The van der Waals surface area contributed by atoms with E-state index in [0.29, 0.717) is 30.0 Å². The number of nitrogens with two attached hydrogens (primary N) is 1. The summed E-state index contributed by atoms with van der Waals surface area (Å²) >= 11 is 0. The lowest BCUT2D eigenvalue weighted by Crippen LogP contribution is -2.13. The van der Waals surface area contributed by atoms with Gasteiger partial charge < -0.3 is 20.5 Å². The number of fused-ring (bicyclic) bond motifs is 1. The Hall–Kier alpha value is -4.73. The first-order valence-electron chi connectivity index (χ1n) is 11.1. The topological polar surface area (TPSA) is 100 Å². The number of methoxy groups -OCH3 is 1. The number of halogens is 2. The molecule has 3 aromatic carbocycles. The Morgan fingerprint density at radius 3 is 2.53 bits per heavy atom. The molecule has 0 aliphatic rings. The second-order valence-corrected chi connectivity index (χ2v) is 7.81. The van der Waals surface area contributed by atoms with Crippen molar-refractivity contribution in [2.75, 3.05) is 31.3 Å². The molecule has 0 aliphatic carbocycles. The van der Waals surface area contributed by atoms with Gasteiger partial charge in [-0.1, -0.05) is 24.3 Å². The number of aromatic nitrogens is 4. The highest BCUT2D eigenvalue weighted by Crippen LogP contribution is 2.35. The third-order valence-electron chi connectivity index (χ3n) is 5.45. The first kappa shape index (κ1) is 23.0. The number of para-hydroxylation sites is 1. The van der Waals surface area contributed by atoms with Crippen molar-refractivity contribution in [3.63, 3.8) is 0 Å². The Morgan fingerprint density at radius 1 is 0.944 bits per heavy atom. The van der Waals surface area contributed by atoms with E-state index in [4.69, 9.17) is 15.2 Å². The van der Waals surface area contributed by atoms with Gasteiger partial charge in [0.15, 0.2) is 5.65 Å². The third-order valence-corrected chi connectivity index (χ3v) is 5.45. The van der Waals surface area contributed by atoms with Crippen LogP contribution in [0.1, 0.15) is 0 Å². The van der Waals surface area contributed by atoms with Crippen molar-refractivity contribution in [3.8, 4) is 28.4 Å². The smallest absolute Gasteiger partial charge is 0.225 e. The number of nitrogens with zero attached hydrogens (tertiary/aromatic N) is 4. The van der Waals surface area contributed by atoms with Crippen LogP contribution in [0.5, 0.6) is 11.5 Å². The van der Waals surface area contributed by atoms with Crippen LogP contribution in [0.3, 0.4) is 0 Å². The molecule has 8 nitrogen and oxygen atoms in total. The van der Waals surface area contributed by atoms with Gasteiger partial charge in [0, 0.05) is 11.6 Å². The molecular weight excluding hydrogens is 466 g/mol. The van der Waals surface area contributed by atoms with E-state index in [2.05, 4.69) is 20.4 Å². The molecule has 0 bridgehead atoms. The average Bonchev–Trinajstić information content (AvgIpc) is 3.23. The summed E-state index contributed by atoms with van der Waals surface area (Å²) in [5.41, 5.74) is 7.47. The lowest BCUT2D eigenvalue weighted by atomic mass is 10.1. The van der Waals surface area contributed by atoms with E-state index in [9.17, 15) is 4.39 Å². The maximum Gasteiger partial charge on any atom is 0.225 e. The van der Waals surface area contributed by atoms with Gasteiger partial charge in [0.2, 0.25) is 5.95 Å². The quantitative estimate of drug-likeness (QED) is 0.302. The molecule has 0 atom stereocenters. The number of hydrogen-bond acceptors (Lipinski definition) is 7. The van der Waals surface area contributed by atoms with E-state index in [0.717, 1.165) is 5.75 Å². The lowest BCUT2D eigenvalue weighted by molar-refractivity contribution is 0.332. The van der Waals surface area contributed by atoms with E-state index >= 15 is 4.39 Å². The molecule has 5 aromatic rings. The van der Waals surface area contributed by atoms with Crippen LogP contribution in [-0.2, 0) is 0 Å². The number of nitrogens with one attached hydrogen (secondary N) is 1. The van der Waals surface area contributed by atoms with Crippen LogP contribution in [0.25, 0.3) is 28.0 Å². The minimum Gasteiger partial charge on any atom is -0.497 e. The average molecular weight is 488 g/mol. The Kier molecular flexibility index (Phi) is 6.31. The molecule has 2 heterocycles. The lowest BCUT2D eigenvalue weighted by Gasteiger charge is -2.11. The molecule has 0 saturated carbocycles. The summed E-state index contributed by atoms with van der Waals surface area (Å²) in [6, 6.07) is 19.6. The summed E-state index contributed by atoms with van der Waals surface area (Å²) in [6.45, 7) is 0.725. The number of anilines is 2. The zero-order chi connectivity index (χ0) is 25.1. The summed E-state index contributed by atoms with van der Waals surface area (Å²) in [5, 5.41) is 7.90. The normalized spacial score (nSPS) is 11.0. The number of ether oxygens (including phenoxy) is 2. The van der Waals surface area contributed by atoms with Crippen molar-refractivity contribution < 1.29 is 18.3 Å². The highest BCUT2D eigenvalue weighted by Gasteiger charge is 2.21. The van der Waals surface area contributed by atoms with Gasteiger partial charge in [-0.2, -0.15) is 4.98 Å². The van der Waals surface area contributed by atoms with E-state index in [1.807, 2.05) is 30.3 Å². The van der Waals surface area contributed by atoms with E-state index in [-0.39, 0.29) is 28.7 Å². The van der Waals surface area contributed by atoms with Crippen molar-refractivity contribution in [1.29, 1.82) is 0 Å². The fourth-order valence-corrected chi connectivity index (χ4v) is 3.75. The molecule has 0 radical (unpaired) electrons. The largest absolute Gasteiger partial charge is 0.497 e. The first-order valence-corrected chi connectivity index (χ1v) is 11.1. The minimum absolute atomic E-state index is 0.153. The molecule has 10 heteroatoms. The van der Waals surface area contributed by atoms with Crippen molar-refractivity contribution >= 4 is 22.8 Å². The summed E-state index contributed by atoms with van der Waals surface area (Å²) in [5.74, 6) is 0.470. The van der Waals surface area contributed by atoms with Gasteiger partial charge in [0.05, 0.1) is 30.4 Å². The molecular formula is C26H22F2N6O2. The standard InChI is InChI=1S/C26H22F2N6O2/c1-35-19-10-11-20(21(28)15-19)23-22-24(29)34(17-7-5-6-16(27)14-17)33-25(22)32-26(31-23)30-12-13-36-18-8-3-2-4-9-18/h2-11,14-15H,12-13,29H2,1H3,(H,30,32,33). The second kappa shape index (κ2) is 9.87. The number of benzene rings is 3. The van der Waals surface area contributed by atoms with Crippen LogP contribution in [0.2, 0.25) is 0 Å². The Morgan fingerprint density at radius 2 is 1.78 bits per heavy atom. The summed E-state index contributed by atoms with van der Waals surface area (Å²) < 4.78 is 41.1. The molecule has 5 rings (SSSR count). The summed E-state index contributed by atoms with van der Waals surface area (Å²) in [7, 11) is 1.46. The number of hydrogen-bond donors (Lipinski definition) is 2. The highest BCUT2D eigenvalue weighted by atomic mass is 19.1. The van der Waals surface area contributed by atoms with Gasteiger partial charge in [-0.05, 0) is 42.5 Å². The van der Waals surface area contributed by atoms with Crippen LogP contribution in [0.15, 0.2) is 72.8 Å². The van der Waals surface area contributed by atoms with Crippen molar-refractivity contribution in [3.05, 3.63) is 84.4 Å². The van der Waals surface area contributed by atoms with Crippen molar-refractivity contribution in [2.24, 2.45) is 0 Å². The van der Waals surface area contributed by atoms with E-state index in [1.165, 1.54) is 30.0 Å². The molecule has 0 fully saturated rings. The fourth-order valence-electron chi connectivity index (χ4n) is 3.75. The van der Waals surface area contributed by atoms with Gasteiger partial charge in [-0.15, -0.1) is 5.10 Å². The van der Waals surface area contributed by atoms with Crippen molar-refractivity contribution in [2.45, 2.75) is 0 Å². The Balaban J connectivity index is 1.55. The fraction of sp³-hybridized carbons (Fsp3) is 0.115. The number of nitrogen functional groups attached to an aromatic ring is 1. The van der Waals surface area contributed by atoms with E-state index in [1.54, 1.807) is 24.3 Å². The van der Waals surface area contributed by atoms with Gasteiger partial charge in [0.25, 0.3) is 0 Å². The maximum atomic E-state index is 15.1. The molecule has 0 amide bonds. The van der Waals surface area contributed by atoms with Crippen molar-refractivity contribution in [1.82, 2.24) is 19.7 Å². The van der Waals surface area contributed by atoms with Gasteiger partial charge >= 0.3 is 0 Å². The predicted molar refractivity (Wildman–Crippen MR) is 133 cm³/mol. The summed E-state index contributed by atoms with van der Waals surface area (Å²) in [6.07, 6.45) is 0. The molecule has 182 valence electrons. The van der Waals surface area contributed by atoms with Gasteiger partial charge in [-0.25, -0.2) is 18.4 Å². The summed E-state index contributed by atoms with van der Waals surface area (Å²) in [4.78, 5) is 9.02. The third kappa shape index (κ3) is 4.61. The van der Waals surface area contributed by atoms with Crippen LogP contribution in [0, 0.1) is 11.6 Å². The molecule has 0 unspecified atom stereocenters. The minimum atomic E-state index is -0.550. The van der Waals surface area contributed by atoms with Gasteiger partial charge in [-0.3, -0.25) is 0 Å². The SMILES string of the molecule is COc1ccc(-c2nc(NCCOc3ccccc3)nc3nn(-c4cccc(F)c4)c(N)c23)c(F)c1. The first-order chi connectivity index (χ1) is 17.5. The van der Waals surface area contributed by atoms with E-state index < -0.39 is 11.6 Å². The maximum absolute atomic E-state index is 15.1. The highest BCUT2D eigenvalue weighted by molar-refractivity contribution is 5.99. The van der Waals surface area contributed by atoms with Crippen LogP contribution < -0.4 is 20.5 Å². The van der Waals surface area contributed by atoms with Crippen LogP contribution in [0.4, 0.5) is 20.5 Å². The molecule has 2 aromatic heterocycles. The van der Waals surface area contributed by atoms with Crippen LogP contribution >= 0.6 is 0 Å². The van der Waals surface area contributed by atoms with Gasteiger partial charge in [0.1, 0.15) is 35.6 Å². The zero-order valence-corrected chi connectivity index (χ0v) is 19.3. The second-order valence-electron chi connectivity index (χ2n) is 7.81.